The highest BCUT2D eigenvalue weighted by molar-refractivity contribution is 6.30. The highest BCUT2D eigenvalue weighted by Crippen LogP contribution is 2.37. The number of halogens is 4. The van der Waals surface area contributed by atoms with Gasteiger partial charge in [0.1, 0.15) is 5.82 Å². The van der Waals surface area contributed by atoms with E-state index in [1.54, 1.807) is 11.0 Å². The first-order valence-electron chi connectivity index (χ1n) is 10.3. The van der Waals surface area contributed by atoms with E-state index in [0.29, 0.717) is 56.2 Å². The first-order chi connectivity index (χ1) is 14.2. The molecule has 166 valence electrons. The molecule has 1 aliphatic heterocycles. The van der Waals surface area contributed by atoms with E-state index in [9.17, 15) is 22.8 Å². The molecule has 2 amide bonds. The maximum Gasteiger partial charge on any atom is 0.248 e. The standard InChI is InChI=1S/C21H27ClF3N3O2/c22-17-1-2-18(23)16(12-17)14-27-7-9-28(10-8-27)20(30)13-26-19(29)11-15-3-5-21(24,25)6-4-15/h1-2,12,15H,3-11,13-14H2,(H,26,29). The lowest BCUT2D eigenvalue weighted by molar-refractivity contribution is -0.134. The van der Waals surface area contributed by atoms with Gasteiger partial charge in [0, 0.05) is 62.6 Å². The summed E-state index contributed by atoms with van der Waals surface area (Å²) in [6, 6.07) is 4.46. The van der Waals surface area contributed by atoms with Crippen LogP contribution in [0.5, 0.6) is 0 Å². The average molecular weight is 446 g/mol. The maximum absolute atomic E-state index is 13.9. The molecule has 1 N–H and O–H groups in total. The van der Waals surface area contributed by atoms with E-state index in [2.05, 4.69) is 10.2 Å². The molecule has 0 bridgehead atoms. The second-order valence-corrected chi connectivity index (χ2v) is 8.61. The molecular weight excluding hydrogens is 419 g/mol. The van der Waals surface area contributed by atoms with E-state index in [0.717, 1.165) is 0 Å². The van der Waals surface area contributed by atoms with Crippen molar-refractivity contribution in [2.24, 2.45) is 5.92 Å². The van der Waals surface area contributed by atoms with Gasteiger partial charge in [0.15, 0.2) is 0 Å². The van der Waals surface area contributed by atoms with Crippen LogP contribution in [0, 0.1) is 11.7 Å². The number of amides is 2. The first kappa shape index (κ1) is 22.9. The highest BCUT2D eigenvalue weighted by atomic mass is 35.5. The number of hydrogen-bond acceptors (Lipinski definition) is 3. The van der Waals surface area contributed by atoms with E-state index in [1.807, 2.05) is 0 Å². The Hall–Kier alpha value is -1.80. The van der Waals surface area contributed by atoms with Gasteiger partial charge in [-0.25, -0.2) is 13.2 Å². The van der Waals surface area contributed by atoms with Crippen LogP contribution in [0.2, 0.25) is 5.02 Å². The number of nitrogens with one attached hydrogen (secondary N) is 1. The number of alkyl halides is 2. The summed E-state index contributed by atoms with van der Waals surface area (Å²) in [7, 11) is 0. The number of hydrogen-bond donors (Lipinski definition) is 1. The summed E-state index contributed by atoms with van der Waals surface area (Å²) >= 11 is 5.93. The Morgan fingerprint density at radius 1 is 1.13 bits per heavy atom. The zero-order chi connectivity index (χ0) is 21.7. The predicted octanol–water partition coefficient (Wildman–Crippen LogP) is 3.46. The fourth-order valence-corrected chi connectivity index (χ4v) is 4.18. The molecule has 1 aliphatic carbocycles. The molecule has 30 heavy (non-hydrogen) atoms. The molecular formula is C21H27ClF3N3O2. The van der Waals surface area contributed by atoms with Gasteiger partial charge in [-0.2, -0.15) is 0 Å². The van der Waals surface area contributed by atoms with Crippen molar-refractivity contribution in [3.05, 3.63) is 34.6 Å². The summed E-state index contributed by atoms with van der Waals surface area (Å²) in [5, 5.41) is 3.10. The Morgan fingerprint density at radius 3 is 2.47 bits per heavy atom. The zero-order valence-corrected chi connectivity index (χ0v) is 17.6. The van der Waals surface area contributed by atoms with Crippen LogP contribution in [-0.2, 0) is 16.1 Å². The summed E-state index contributed by atoms with van der Waals surface area (Å²) in [5.41, 5.74) is 0.523. The van der Waals surface area contributed by atoms with Crippen molar-refractivity contribution in [2.45, 2.75) is 44.6 Å². The van der Waals surface area contributed by atoms with Gasteiger partial charge in [-0.1, -0.05) is 11.6 Å². The van der Waals surface area contributed by atoms with Crippen molar-refractivity contribution < 1.29 is 22.8 Å². The van der Waals surface area contributed by atoms with E-state index >= 15 is 0 Å². The minimum absolute atomic E-state index is 0.0462. The summed E-state index contributed by atoms with van der Waals surface area (Å²) in [6.07, 6.45) is 0.510. The number of piperazine rings is 1. The first-order valence-corrected chi connectivity index (χ1v) is 10.7. The van der Waals surface area contributed by atoms with Crippen LogP contribution in [0.1, 0.15) is 37.7 Å². The Balaban J connectivity index is 1.36. The SMILES string of the molecule is O=C(CC1CCC(F)(F)CC1)NCC(=O)N1CCN(Cc2cc(Cl)ccc2F)CC1. The molecule has 5 nitrogen and oxygen atoms in total. The molecule has 1 saturated heterocycles. The topological polar surface area (TPSA) is 52.7 Å². The molecule has 1 aromatic carbocycles. The van der Waals surface area contributed by atoms with Crippen molar-refractivity contribution in [1.82, 2.24) is 15.1 Å². The Kier molecular flexibility index (Phi) is 7.63. The third-order valence-corrected chi connectivity index (χ3v) is 6.11. The molecule has 2 aliphatic rings. The minimum atomic E-state index is -2.61. The number of carbonyl (C=O) groups excluding carboxylic acids is 2. The summed E-state index contributed by atoms with van der Waals surface area (Å²) in [6.45, 7) is 2.52. The smallest absolute Gasteiger partial charge is 0.248 e. The molecule has 1 heterocycles. The monoisotopic (exact) mass is 445 g/mol. The van der Waals surface area contributed by atoms with Crippen LogP contribution >= 0.6 is 11.6 Å². The normalized spacial score (nSPS) is 20.2. The van der Waals surface area contributed by atoms with Gasteiger partial charge in [-0.15, -0.1) is 0 Å². The predicted molar refractivity (Wildman–Crippen MR) is 108 cm³/mol. The Labute approximate surface area is 179 Å². The lowest BCUT2D eigenvalue weighted by Crippen LogP contribution is -2.51. The van der Waals surface area contributed by atoms with Crippen LogP contribution < -0.4 is 5.32 Å². The number of rotatable bonds is 6. The van der Waals surface area contributed by atoms with Crippen LogP contribution in [0.3, 0.4) is 0 Å². The Morgan fingerprint density at radius 2 is 1.80 bits per heavy atom. The molecule has 3 rings (SSSR count). The van der Waals surface area contributed by atoms with Crippen molar-refractivity contribution >= 4 is 23.4 Å². The fraction of sp³-hybridized carbons (Fsp3) is 0.619. The number of carbonyl (C=O) groups is 2. The molecule has 0 aromatic heterocycles. The lowest BCUT2D eigenvalue weighted by Gasteiger charge is -2.35. The second kappa shape index (κ2) is 10.0. The van der Waals surface area contributed by atoms with Gasteiger partial charge in [0.2, 0.25) is 17.7 Å². The minimum Gasteiger partial charge on any atom is -0.347 e. The third kappa shape index (κ3) is 6.60. The molecule has 1 saturated carbocycles. The van der Waals surface area contributed by atoms with Crippen molar-refractivity contribution in [1.29, 1.82) is 0 Å². The molecule has 0 atom stereocenters. The van der Waals surface area contributed by atoms with E-state index < -0.39 is 5.92 Å². The van der Waals surface area contributed by atoms with Crippen LogP contribution in [-0.4, -0.2) is 60.3 Å². The van der Waals surface area contributed by atoms with E-state index in [1.165, 1.54) is 12.1 Å². The number of nitrogens with zero attached hydrogens (tertiary/aromatic N) is 2. The van der Waals surface area contributed by atoms with Crippen LogP contribution in [0.25, 0.3) is 0 Å². The van der Waals surface area contributed by atoms with Gasteiger partial charge in [-0.3, -0.25) is 14.5 Å². The van der Waals surface area contributed by atoms with Crippen molar-refractivity contribution in [2.75, 3.05) is 32.7 Å². The molecule has 0 spiro atoms. The van der Waals surface area contributed by atoms with Gasteiger partial charge >= 0.3 is 0 Å². The van der Waals surface area contributed by atoms with Gasteiger partial charge < -0.3 is 10.2 Å². The largest absolute Gasteiger partial charge is 0.347 e. The van der Waals surface area contributed by atoms with E-state index in [4.69, 9.17) is 11.6 Å². The lowest BCUT2D eigenvalue weighted by atomic mass is 9.84. The zero-order valence-electron chi connectivity index (χ0n) is 16.8. The highest BCUT2D eigenvalue weighted by Gasteiger charge is 2.35. The van der Waals surface area contributed by atoms with Crippen molar-refractivity contribution in [3.8, 4) is 0 Å². The Bertz CT molecular complexity index is 760. The fourth-order valence-electron chi connectivity index (χ4n) is 3.99. The quantitative estimate of drug-likeness (QED) is 0.729. The summed E-state index contributed by atoms with van der Waals surface area (Å²) < 4.78 is 40.3. The molecule has 0 radical (unpaired) electrons. The molecule has 0 unspecified atom stereocenters. The number of benzene rings is 1. The third-order valence-electron chi connectivity index (χ3n) is 5.87. The maximum atomic E-state index is 13.9. The van der Waals surface area contributed by atoms with Crippen molar-refractivity contribution in [3.63, 3.8) is 0 Å². The average Bonchev–Trinajstić information content (AvgIpc) is 2.71. The second-order valence-electron chi connectivity index (χ2n) is 8.17. The van der Waals surface area contributed by atoms with Gasteiger partial charge in [0.05, 0.1) is 6.54 Å². The summed E-state index contributed by atoms with van der Waals surface area (Å²) in [4.78, 5) is 28.1. The molecule has 2 fully saturated rings. The van der Waals surface area contributed by atoms with E-state index in [-0.39, 0.29) is 49.4 Å². The summed E-state index contributed by atoms with van der Waals surface area (Å²) in [5.74, 6) is -3.40. The van der Waals surface area contributed by atoms with Gasteiger partial charge in [-0.05, 0) is 37.0 Å². The molecule has 1 aromatic rings. The van der Waals surface area contributed by atoms with Crippen LogP contribution in [0.4, 0.5) is 13.2 Å². The van der Waals surface area contributed by atoms with Crippen LogP contribution in [0.15, 0.2) is 18.2 Å². The molecule has 9 heteroatoms. The van der Waals surface area contributed by atoms with Gasteiger partial charge in [0.25, 0.3) is 0 Å².